The van der Waals surface area contributed by atoms with E-state index in [1.54, 1.807) is 18.3 Å². The van der Waals surface area contributed by atoms with Crippen LogP contribution in [0, 0.1) is 0 Å². The number of hydrogen-bond acceptors (Lipinski definition) is 5. The SMILES string of the molecule is CCCCCCCCCCCC(=O)OCn1ccc2c([S+]([O-])N3CCCC34CC4)cccc2c1=O. The maximum atomic E-state index is 13.4. The van der Waals surface area contributed by atoms with Crippen molar-refractivity contribution in [3.63, 3.8) is 0 Å². The van der Waals surface area contributed by atoms with E-state index >= 15 is 0 Å². The number of carbonyl (C=O) groups is 1. The smallest absolute Gasteiger partial charge is 0.307 e. The van der Waals surface area contributed by atoms with E-state index in [0.29, 0.717) is 16.7 Å². The average Bonchev–Trinajstić information content (AvgIpc) is 3.52. The Morgan fingerprint density at radius 1 is 1.00 bits per heavy atom. The second kappa shape index (κ2) is 12.4. The molecule has 1 aromatic carbocycles. The molecule has 2 heterocycles. The maximum absolute atomic E-state index is 13.4. The molecule has 4 rings (SSSR count). The van der Waals surface area contributed by atoms with E-state index in [2.05, 4.69) is 11.2 Å². The minimum absolute atomic E-state index is 0.0897. The fourth-order valence-electron chi connectivity index (χ4n) is 5.27. The molecule has 0 amide bonds. The molecule has 1 unspecified atom stereocenters. The van der Waals surface area contributed by atoms with Gasteiger partial charge < -0.3 is 9.29 Å². The maximum Gasteiger partial charge on any atom is 0.307 e. The lowest BCUT2D eigenvalue weighted by molar-refractivity contribution is -0.147. The number of pyridine rings is 1. The second-order valence-corrected chi connectivity index (χ2v) is 11.6. The summed E-state index contributed by atoms with van der Waals surface area (Å²) in [4.78, 5) is 25.9. The standard InChI is InChI=1S/C28H40N2O4S/c1-2-3-4-5-6-7-8-9-10-15-26(31)34-22-29-21-16-23-24(27(29)32)13-11-14-25(23)35(33)30-20-12-17-28(30)18-19-28/h11,13-14,16,21H,2-10,12,15,17-20,22H2,1H3. The molecular formula is C28H40N2O4S. The minimum atomic E-state index is -1.28. The lowest BCUT2D eigenvalue weighted by atomic mass is 10.1. The van der Waals surface area contributed by atoms with Crippen LogP contribution >= 0.6 is 0 Å². The van der Waals surface area contributed by atoms with Gasteiger partial charge in [-0.15, -0.1) is 4.31 Å². The van der Waals surface area contributed by atoms with Crippen LogP contribution in [0.25, 0.3) is 10.8 Å². The zero-order chi connectivity index (χ0) is 24.7. The highest BCUT2D eigenvalue weighted by atomic mass is 32.2. The Labute approximate surface area is 212 Å². The summed E-state index contributed by atoms with van der Waals surface area (Å²) in [7, 11) is 0. The summed E-state index contributed by atoms with van der Waals surface area (Å²) in [6.45, 7) is 2.98. The normalized spacial score (nSPS) is 17.8. The van der Waals surface area contributed by atoms with E-state index in [0.717, 1.165) is 56.9 Å². The molecule has 0 N–H and O–H groups in total. The van der Waals surface area contributed by atoms with Gasteiger partial charge >= 0.3 is 5.97 Å². The summed E-state index contributed by atoms with van der Waals surface area (Å²) < 4.78 is 22.3. The van der Waals surface area contributed by atoms with Gasteiger partial charge in [-0.3, -0.25) is 14.2 Å². The molecule has 1 saturated carbocycles. The van der Waals surface area contributed by atoms with Crippen LogP contribution in [0.3, 0.4) is 0 Å². The molecule has 2 aliphatic rings. The van der Waals surface area contributed by atoms with Crippen molar-refractivity contribution in [3.05, 3.63) is 40.8 Å². The van der Waals surface area contributed by atoms with E-state index in [4.69, 9.17) is 4.74 Å². The molecule has 1 spiro atoms. The Hall–Kier alpha value is -1.83. The summed E-state index contributed by atoms with van der Waals surface area (Å²) in [5, 5.41) is 1.23. The van der Waals surface area contributed by atoms with Gasteiger partial charge in [0.25, 0.3) is 5.56 Å². The molecule has 1 aliphatic carbocycles. The lowest BCUT2D eigenvalue weighted by Gasteiger charge is -2.25. The monoisotopic (exact) mass is 500 g/mol. The third-order valence-electron chi connectivity index (χ3n) is 7.58. The third-order valence-corrected chi connectivity index (χ3v) is 9.28. The topological polar surface area (TPSA) is 74.6 Å². The van der Waals surface area contributed by atoms with Gasteiger partial charge in [0.15, 0.2) is 11.6 Å². The highest BCUT2D eigenvalue weighted by Gasteiger charge is 2.56. The van der Waals surface area contributed by atoms with Crippen molar-refractivity contribution in [1.29, 1.82) is 0 Å². The molecule has 0 radical (unpaired) electrons. The summed E-state index contributed by atoms with van der Waals surface area (Å²) in [6.07, 6.45) is 17.2. The van der Waals surface area contributed by atoms with Crippen LogP contribution in [0.1, 0.15) is 96.8 Å². The third kappa shape index (κ3) is 6.49. The quantitative estimate of drug-likeness (QED) is 0.179. The van der Waals surface area contributed by atoms with E-state index in [1.807, 2.05) is 12.1 Å². The molecular weight excluding hydrogens is 460 g/mol. The average molecular weight is 501 g/mol. The highest BCUT2D eigenvalue weighted by molar-refractivity contribution is 7.89. The Kier molecular flexibility index (Phi) is 9.31. The first kappa shape index (κ1) is 26.2. The van der Waals surface area contributed by atoms with Crippen LogP contribution < -0.4 is 5.56 Å². The van der Waals surface area contributed by atoms with Gasteiger partial charge in [-0.2, -0.15) is 0 Å². The van der Waals surface area contributed by atoms with E-state index in [1.165, 1.54) is 43.1 Å². The zero-order valence-electron chi connectivity index (χ0n) is 21.1. The predicted octanol–water partition coefficient (Wildman–Crippen LogP) is 6.07. The Balaban J connectivity index is 1.27. The molecule has 1 atom stereocenters. The molecule has 1 aliphatic heterocycles. The van der Waals surface area contributed by atoms with Crippen LogP contribution in [0.5, 0.6) is 0 Å². The molecule has 7 heteroatoms. The zero-order valence-corrected chi connectivity index (χ0v) is 22.0. The first-order chi connectivity index (χ1) is 17.1. The van der Waals surface area contributed by atoms with Crippen molar-refractivity contribution in [2.24, 2.45) is 0 Å². The number of benzene rings is 1. The van der Waals surface area contributed by atoms with Crippen LogP contribution in [-0.2, 0) is 27.6 Å². The molecule has 2 aromatic rings. The van der Waals surface area contributed by atoms with Gasteiger partial charge in [-0.05, 0) is 50.3 Å². The van der Waals surface area contributed by atoms with Gasteiger partial charge in [0.05, 0.1) is 22.3 Å². The number of ether oxygens (including phenoxy) is 1. The Morgan fingerprint density at radius 2 is 1.71 bits per heavy atom. The number of esters is 1. The van der Waals surface area contributed by atoms with Crippen LogP contribution in [0.2, 0.25) is 0 Å². The molecule has 1 aromatic heterocycles. The molecule has 0 bridgehead atoms. The van der Waals surface area contributed by atoms with Crippen molar-refractivity contribution in [2.45, 2.75) is 114 Å². The van der Waals surface area contributed by atoms with Gasteiger partial charge in [-0.25, -0.2) is 0 Å². The Bertz CT molecular complexity index is 1050. The number of unbranched alkanes of at least 4 members (excludes halogenated alkanes) is 8. The number of rotatable bonds is 14. The second-order valence-electron chi connectivity index (χ2n) is 10.2. The van der Waals surface area contributed by atoms with Crippen molar-refractivity contribution < 1.29 is 14.1 Å². The molecule has 35 heavy (non-hydrogen) atoms. The first-order valence-corrected chi connectivity index (χ1v) is 14.6. The van der Waals surface area contributed by atoms with Crippen molar-refractivity contribution >= 4 is 28.1 Å². The number of nitrogens with zero attached hydrogens (tertiary/aromatic N) is 2. The summed E-state index contributed by atoms with van der Waals surface area (Å²) in [6, 6.07) is 7.25. The molecule has 192 valence electrons. The van der Waals surface area contributed by atoms with Gasteiger partial charge in [0.1, 0.15) is 0 Å². The van der Waals surface area contributed by atoms with Crippen molar-refractivity contribution in [2.75, 3.05) is 6.54 Å². The van der Waals surface area contributed by atoms with E-state index < -0.39 is 11.4 Å². The summed E-state index contributed by atoms with van der Waals surface area (Å²) in [5.74, 6) is -0.265. The van der Waals surface area contributed by atoms with E-state index in [9.17, 15) is 14.1 Å². The van der Waals surface area contributed by atoms with Crippen molar-refractivity contribution in [3.8, 4) is 0 Å². The lowest BCUT2D eigenvalue weighted by Crippen LogP contribution is -2.37. The number of aromatic nitrogens is 1. The Morgan fingerprint density at radius 3 is 2.43 bits per heavy atom. The van der Waals surface area contributed by atoms with Crippen LogP contribution in [0.4, 0.5) is 0 Å². The summed E-state index contributed by atoms with van der Waals surface area (Å²) in [5.41, 5.74) is -0.107. The summed E-state index contributed by atoms with van der Waals surface area (Å²) >= 11 is -1.28. The minimum Gasteiger partial charge on any atom is -0.593 e. The largest absolute Gasteiger partial charge is 0.593 e. The van der Waals surface area contributed by atoms with Crippen LogP contribution in [0.15, 0.2) is 40.2 Å². The van der Waals surface area contributed by atoms with Gasteiger partial charge in [0.2, 0.25) is 0 Å². The predicted molar refractivity (Wildman–Crippen MR) is 140 cm³/mol. The first-order valence-electron chi connectivity index (χ1n) is 13.5. The van der Waals surface area contributed by atoms with E-state index in [-0.39, 0.29) is 23.8 Å². The fraction of sp³-hybridized carbons (Fsp3) is 0.643. The fourth-order valence-corrected chi connectivity index (χ4v) is 6.99. The number of carbonyl (C=O) groups excluding carboxylic acids is 1. The van der Waals surface area contributed by atoms with Gasteiger partial charge in [0, 0.05) is 24.5 Å². The number of hydrogen-bond donors (Lipinski definition) is 0. The molecule has 1 saturated heterocycles. The molecule has 6 nitrogen and oxygen atoms in total. The van der Waals surface area contributed by atoms with Crippen LogP contribution in [-0.4, -0.2) is 31.5 Å². The highest BCUT2D eigenvalue weighted by Crippen LogP contribution is 2.52. The van der Waals surface area contributed by atoms with Gasteiger partial charge in [-0.1, -0.05) is 64.4 Å². The molecule has 2 fully saturated rings. The number of fused-ring (bicyclic) bond motifs is 1. The van der Waals surface area contributed by atoms with Crippen molar-refractivity contribution in [1.82, 2.24) is 8.87 Å².